The lowest BCUT2D eigenvalue weighted by Crippen LogP contribution is -2.46. The summed E-state index contributed by atoms with van der Waals surface area (Å²) in [6, 6.07) is 0. The third-order valence-corrected chi connectivity index (χ3v) is 2.92. The van der Waals surface area contributed by atoms with Crippen LogP contribution in [0.5, 0.6) is 0 Å². The number of ether oxygens (including phenoxy) is 1. The molecule has 0 bridgehead atoms. The summed E-state index contributed by atoms with van der Waals surface area (Å²) in [5.41, 5.74) is 4.93. The minimum absolute atomic E-state index is 0.406. The molecule has 2 N–H and O–H groups in total. The smallest absolute Gasteiger partial charge is 0.325 e. The molecule has 1 rings (SSSR count). The first-order chi connectivity index (χ1) is 8.44. The molecule has 1 aromatic rings. The Morgan fingerprint density at radius 3 is 2.61 bits per heavy atom. The van der Waals surface area contributed by atoms with Gasteiger partial charge in [0.2, 0.25) is 0 Å². The molecule has 18 heavy (non-hydrogen) atoms. The molecule has 1 atom stereocenters. The van der Waals surface area contributed by atoms with Gasteiger partial charge in [0.1, 0.15) is 11.4 Å². The predicted octanol–water partition coefficient (Wildman–Crippen LogP) is 0.683. The number of hydrogen-bond donors (Lipinski definition) is 1. The van der Waals surface area contributed by atoms with E-state index in [0.717, 1.165) is 24.5 Å². The molecule has 0 saturated heterocycles. The molecular formula is C12H22N4O2. The summed E-state index contributed by atoms with van der Waals surface area (Å²) in [4.78, 5) is 15.9. The minimum Gasteiger partial charge on any atom is -0.468 e. The Morgan fingerprint density at radius 1 is 1.44 bits per heavy atom. The number of aromatic nitrogens is 3. The molecule has 0 spiro atoms. The summed E-state index contributed by atoms with van der Waals surface area (Å²) in [6.45, 7) is 6.28. The first-order valence-electron chi connectivity index (χ1n) is 6.24. The molecule has 102 valence electrons. The zero-order valence-electron chi connectivity index (χ0n) is 11.6. The van der Waals surface area contributed by atoms with Gasteiger partial charge in [-0.3, -0.25) is 4.79 Å². The summed E-state index contributed by atoms with van der Waals surface area (Å²) >= 11 is 0. The number of hydrogen-bond acceptors (Lipinski definition) is 5. The highest BCUT2D eigenvalue weighted by molar-refractivity contribution is 5.79. The van der Waals surface area contributed by atoms with Crippen LogP contribution in [0.2, 0.25) is 0 Å². The van der Waals surface area contributed by atoms with E-state index in [1.165, 1.54) is 7.11 Å². The number of nitrogens with zero attached hydrogens (tertiary/aromatic N) is 3. The number of methoxy groups -OCH3 is 1. The number of esters is 1. The summed E-state index contributed by atoms with van der Waals surface area (Å²) in [7, 11) is 1.34. The summed E-state index contributed by atoms with van der Waals surface area (Å²) in [5, 5.41) is 4.39. The van der Waals surface area contributed by atoms with E-state index in [9.17, 15) is 4.79 Å². The first kappa shape index (κ1) is 14.6. The van der Waals surface area contributed by atoms with Crippen LogP contribution in [0.25, 0.3) is 0 Å². The summed E-state index contributed by atoms with van der Waals surface area (Å²) in [5.74, 6) is 1.34. The third kappa shape index (κ3) is 3.29. The van der Waals surface area contributed by atoms with Crippen molar-refractivity contribution in [1.82, 2.24) is 14.8 Å². The van der Waals surface area contributed by atoms with Crippen molar-refractivity contribution < 1.29 is 9.53 Å². The van der Waals surface area contributed by atoms with Crippen molar-refractivity contribution in [3.05, 3.63) is 11.6 Å². The molecule has 6 heteroatoms. The Balaban J connectivity index is 2.73. The van der Waals surface area contributed by atoms with Crippen LogP contribution in [0, 0.1) is 0 Å². The van der Waals surface area contributed by atoms with Crippen molar-refractivity contribution >= 4 is 5.97 Å². The van der Waals surface area contributed by atoms with Crippen LogP contribution >= 0.6 is 0 Å². The molecule has 0 aliphatic carbocycles. The van der Waals surface area contributed by atoms with Gasteiger partial charge in [-0.25, -0.2) is 9.67 Å². The molecule has 6 nitrogen and oxygen atoms in total. The van der Waals surface area contributed by atoms with E-state index in [2.05, 4.69) is 14.8 Å². The van der Waals surface area contributed by atoms with Crippen molar-refractivity contribution in [3.63, 3.8) is 0 Å². The molecule has 1 aromatic heterocycles. The van der Waals surface area contributed by atoms with Crippen molar-refractivity contribution in [2.24, 2.45) is 5.73 Å². The third-order valence-electron chi connectivity index (χ3n) is 2.92. The molecule has 0 aliphatic rings. The first-order valence-corrected chi connectivity index (χ1v) is 6.24. The van der Waals surface area contributed by atoms with Gasteiger partial charge in [0.25, 0.3) is 0 Å². The maximum atomic E-state index is 11.5. The Morgan fingerprint density at radius 2 is 2.11 bits per heavy atom. The Kier molecular flexibility index (Phi) is 4.84. The molecule has 0 aromatic carbocycles. The zero-order valence-corrected chi connectivity index (χ0v) is 11.6. The minimum atomic E-state index is -0.988. The Bertz CT molecular complexity index is 412. The van der Waals surface area contributed by atoms with E-state index in [0.29, 0.717) is 13.0 Å². The Hall–Kier alpha value is -1.43. The van der Waals surface area contributed by atoms with Gasteiger partial charge in [-0.1, -0.05) is 13.8 Å². The average Bonchev–Trinajstić information content (AvgIpc) is 2.77. The van der Waals surface area contributed by atoms with Crippen LogP contribution in [0.15, 0.2) is 0 Å². The number of nitrogens with two attached hydrogens (primary N) is 1. The molecule has 0 fully saturated rings. The molecule has 0 aliphatic heterocycles. The SMILES string of the molecule is CCc1nc(CC)n(CCC(C)(N)C(=O)OC)n1. The van der Waals surface area contributed by atoms with Gasteiger partial charge in [0.15, 0.2) is 5.82 Å². The second kappa shape index (κ2) is 5.95. The van der Waals surface area contributed by atoms with Crippen LogP contribution in [0.3, 0.4) is 0 Å². The lowest BCUT2D eigenvalue weighted by molar-refractivity contribution is -0.146. The quantitative estimate of drug-likeness (QED) is 0.755. The zero-order chi connectivity index (χ0) is 13.8. The van der Waals surface area contributed by atoms with E-state index >= 15 is 0 Å². The van der Waals surface area contributed by atoms with Gasteiger partial charge in [0, 0.05) is 19.4 Å². The standard InChI is InChI=1S/C12H22N4O2/c1-5-9-14-10(6-2)16(15-9)8-7-12(3,13)11(17)18-4/h5-8,13H2,1-4H3. The van der Waals surface area contributed by atoms with Gasteiger partial charge >= 0.3 is 5.97 Å². The van der Waals surface area contributed by atoms with Crippen molar-refractivity contribution in [3.8, 4) is 0 Å². The number of carbonyl (C=O) groups excluding carboxylic acids is 1. The molecular weight excluding hydrogens is 232 g/mol. The maximum Gasteiger partial charge on any atom is 0.325 e. The van der Waals surface area contributed by atoms with Crippen LogP contribution in [-0.2, 0) is 28.9 Å². The fourth-order valence-electron chi connectivity index (χ4n) is 1.69. The van der Waals surface area contributed by atoms with Crippen molar-refractivity contribution in [1.29, 1.82) is 0 Å². The fraction of sp³-hybridized carbons (Fsp3) is 0.750. The normalized spacial score (nSPS) is 14.3. The summed E-state index contributed by atoms with van der Waals surface area (Å²) < 4.78 is 6.50. The molecule has 1 unspecified atom stereocenters. The van der Waals surface area contributed by atoms with E-state index in [4.69, 9.17) is 5.73 Å². The van der Waals surface area contributed by atoms with E-state index in [-0.39, 0.29) is 0 Å². The maximum absolute atomic E-state index is 11.5. The molecule has 1 heterocycles. The molecule has 0 saturated carbocycles. The lowest BCUT2D eigenvalue weighted by Gasteiger charge is -2.21. The Labute approximate surface area is 108 Å². The van der Waals surface area contributed by atoms with Crippen molar-refractivity contribution in [2.45, 2.75) is 52.1 Å². The predicted molar refractivity (Wildman–Crippen MR) is 68.0 cm³/mol. The van der Waals surface area contributed by atoms with Gasteiger partial charge in [-0.2, -0.15) is 5.10 Å². The van der Waals surface area contributed by atoms with Gasteiger partial charge in [0.05, 0.1) is 7.11 Å². The van der Waals surface area contributed by atoms with Gasteiger partial charge < -0.3 is 10.5 Å². The van der Waals surface area contributed by atoms with Gasteiger partial charge in [-0.05, 0) is 13.3 Å². The van der Waals surface area contributed by atoms with E-state index in [1.54, 1.807) is 6.92 Å². The van der Waals surface area contributed by atoms with Crippen molar-refractivity contribution in [2.75, 3.05) is 7.11 Å². The number of rotatable bonds is 6. The second-order valence-electron chi connectivity index (χ2n) is 4.53. The monoisotopic (exact) mass is 254 g/mol. The van der Waals surface area contributed by atoms with E-state index < -0.39 is 11.5 Å². The summed E-state index contributed by atoms with van der Waals surface area (Å²) in [6.07, 6.45) is 2.09. The number of carbonyl (C=O) groups is 1. The second-order valence-corrected chi connectivity index (χ2v) is 4.53. The largest absolute Gasteiger partial charge is 0.468 e. The average molecular weight is 254 g/mol. The fourth-order valence-corrected chi connectivity index (χ4v) is 1.69. The van der Waals surface area contributed by atoms with Gasteiger partial charge in [-0.15, -0.1) is 0 Å². The van der Waals surface area contributed by atoms with Crippen LogP contribution in [0.4, 0.5) is 0 Å². The number of aryl methyl sites for hydroxylation is 3. The van der Waals surface area contributed by atoms with Crippen LogP contribution in [-0.4, -0.2) is 33.4 Å². The topological polar surface area (TPSA) is 83.0 Å². The molecule has 0 radical (unpaired) electrons. The highest BCUT2D eigenvalue weighted by atomic mass is 16.5. The molecule has 0 amide bonds. The van der Waals surface area contributed by atoms with Crippen LogP contribution in [0.1, 0.15) is 38.8 Å². The highest BCUT2D eigenvalue weighted by Gasteiger charge is 2.29. The lowest BCUT2D eigenvalue weighted by atomic mass is 10.00. The van der Waals surface area contributed by atoms with E-state index in [1.807, 2.05) is 18.5 Å². The van der Waals surface area contributed by atoms with Crippen LogP contribution < -0.4 is 5.73 Å². The highest BCUT2D eigenvalue weighted by Crippen LogP contribution is 2.11.